The van der Waals surface area contributed by atoms with Crippen molar-refractivity contribution in [3.05, 3.63) is 65.5 Å². The number of nitrogens with one attached hydrogen (secondary N) is 1. The Morgan fingerprint density at radius 1 is 1.15 bits per heavy atom. The topological polar surface area (TPSA) is 117 Å². The van der Waals surface area contributed by atoms with Gasteiger partial charge in [0.2, 0.25) is 5.88 Å². The third kappa shape index (κ3) is 6.02. The predicted molar refractivity (Wildman–Crippen MR) is 124 cm³/mol. The summed E-state index contributed by atoms with van der Waals surface area (Å²) in [7, 11) is 0. The fourth-order valence-electron chi connectivity index (χ4n) is 3.88. The van der Waals surface area contributed by atoms with E-state index in [-0.39, 0.29) is 6.04 Å². The van der Waals surface area contributed by atoms with Crippen LogP contribution in [0.2, 0.25) is 0 Å². The Labute approximate surface area is 193 Å². The van der Waals surface area contributed by atoms with Gasteiger partial charge < -0.3 is 15.2 Å². The molecule has 1 saturated carbocycles. The smallest absolute Gasteiger partial charge is 0.225 e. The Kier molecular flexibility index (Phi) is 6.80. The highest BCUT2D eigenvalue weighted by molar-refractivity contribution is 5.51. The lowest BCUT2D eigenvalue weighted by atomic mass is 9.83. The van der Waals surface area contributed by atoms with Crippen LogP contribution in [0.25, 0.3) is 0 Å². The zero-order valence-electron chi connectivity index (χ0n) is 19.0. The average Bonchev–Trinajstić information content (AvgIpc) is 2.81. The summed E-state index contributed by atoms with van der Waals surface area (Å²) in [6.07, 6.45) is 9.04. The van der Waals surface area contributed by atoms with Crippen LogP contribution in [0.4, 0.5) is 5.82 Å². The van der Waals surface area contributed by atoms with Crippen LogP contribution in [-0.2, 0) is 12.8 Å². The van der Waals surface area contributed by atoms with E-state index in [9.17, 15) is 10.4 Å². The number of anilines is 1. The van der Waals surface area contributed by atoms with Crippen LogP contribution in [0.1, 0.15) is 55.1 Å². The molecule has 2 N–H and O–H groups in total. The Morgan fingerprint density at radius 2 is 1.91 bits per heavy atom. The molecular weight excluding hydrogens is 416 g/mol. The van der Waals surface area contributed by atoms with Crippen molar-refractivity contribution in [2.24, 2.45) is 0 Å². The van der Waals surface area contributed by atoms with Crippen molar-refractivity contribution >= 4 is 5.82 Å². The molecule has 1 aliphatic carbocycles. The van der Waals surface area contributed by atoms with E-state index in [1.54, 1.807) is 12.4 Å². The summed E-state index contributed by atoms with van der Waals surface area (Å²) < 4.78 is 5.96. The highest BCUT2D eigenvalue weighted by Gasteiger charge is 2.29. The van der Waals surface area contributed by atoms with Crippen LogP contribution in [-0.4, -0.2) is 36.7 Å². The normalized spacial score (nSPS) is 20.1. The van der Waals surface area contributed by atoms with Gasteiger partial charge in [-0.3, -0.25) is 0 Å². The van der Waals surface area contributed by atoms with Gasteiger partial charge in [0.1, 0.15) is 35.4 Å². The van der Waals surface area contributed by atoms with Gasteiger partial charge in [-0.1, -0.05) is 17.7 Å². The number of ether oxygens (including phenoxy) is 1. The minimum absolute atomic E-state index is 0.178. The maximum absolute atomic E-state index is 10.2. The lowest BCUT2D eigenvalue weighted by Crippen LogP contribution is -2.36. The van der Waals surface area contributed by atoms with Gasteiger partial charge in [0.25, 0.3) is 0 Å². The number of hydrogen-bond acceptors (Lipinski definition) is 8. The van der Waals surface area contributed by atoms with E-state index in [2.05, 4.69) is 31.3 Å². The van der Waals surface area contributed by atoms with Gasteiger partial charge in [-0.05, 0) is 58.1 Å². The molecule has 1 aliphatic rings. The first kappa shape index (κ1) is 22.6. The summed E-state index contributed by atoms with van der Waals surface area (Å²) in [5.74, 6) is 2.40. The SMILES string of the molecule is Cc1ccc(Oc2ncncc2CCc2ncc(C#N)c(NC3CCC(C)(O)CC3)n2)cc1. The van der Waals surface area contributed by atoms with Crippen molar-refractivity contribution in [1.82, 2.24) is 19.9 Å². The molecule has 0 aliphatic heterocycles. The summed E-state index contributed by atoms with van der Waals surface area (Å²) in [6.45, 7) is 3.90. The molecule has 8 heteroatoms. The lowest BCUT2D eigenvalue weighted by Gasteiger charge is -2.33. The molecular formula is C25H28N6O2. The van der Waals surface area contributed by atoms with Gasteiger partial charge in [-0.15, -0.1) is 0 Å². The van der Waals surface area contributed by atoms with Gasteiger partial charge in [-0.2, -0.15) is 5.26 Å². The molecule has 0 unspecified atom stereocenters. The maximum Gasteiger partial charge on any atom is 0.225 e. The number of aryl methyl sites for hydroxylation is 3. The molecule has 2 heterocycles. The van der Waals surface area contributed by atoms with Crippen LogP contribution in [0.15, 0.2) is 43.0 Å². The summed E-state index contributed by atoms with van der Waals surface area (Å²) in [5.41, 5.74) is 1.83. The Hall–Kier alpha value is -3.57. The summed E-state index contributed by atoms with van der Waals surface area (Å²) in [6, 6.07) is 10.1. The van der Waals surface area contributed by atoms with E-state index in [4.69, 9.17) is 4.74 Å². The predicted octanol–water partition coefficient (Wildman–Crippen LogP) is 4.13. The number of nitriles is 1. The summed E-state index contributed by atoms with van der Waals surface area (Å²) in [5, 5.41) is 23.1. The van der Waals surface area contributed by atoms with Crippen LogP contribution < -0.4 is 10.1 Å². The second kappa shape index (κ2) is 9.92. The van der Waals surface area contributed by atoms with E-state index in [0.29, 0.717) is 41.7 Å². The molecule has 0 atom stereocenters. The maximum atomic E-state index is 10.2. The number of hydrogen-bond donors (Lipinski definition) is 2. The van der Waals surface area contributed by atoms with Gasteiger partial charge >= 0.3 is 0 Å². The molecule has 1 fully saturated rings. The Balaban J connectivity index is 1.44. The molecule has 0 amide bonds. The van der Waals surface area contributed by atoms with Crippen molar-refractivity contribution in [1.29, 1.82) is 5.26 Å². The molecule has 1 aromatic carbocycles. The third-order valence-corrected chi connectivity index (χ3v) is 5.96. The zero-order chi connectivity index (χ0) is 23.3. The van der Waals surface area contributed by atoms with Crippen molar-refractivity contribution in [2.75, 3.05) is 5.32 Å². The first-order chi connectivity index (χ1) is 15.9. The molecule has 8 nitrogen and oxygen atoms in total. The minimum atomic E-state index is -0.608. The lowest BCUT2D eigenvalue weighted by molar-refractivity contribution is 0.0196. The highest BCUT2D eigenvalue weighted by atomic mass is 16.5. The number of rotatable bonds is 7. The van der Waals surface area contributed by atoms with E-state index >= 15 is 0 Å². The molecule has 0 spiro atoms. The molecule has 4 rings (SSSR count). The van der Waals surface area contributed by atoms with E-state index in [1.165, 1.54) is 6.33 Å². The van der Waals surface area contributed by atoms with Crippen LogP contribution in [0, 0.1) is 18.3 Å². The number of aliphatic hydroxyl groups is 1. The Bertz CT molecular complexity index is 1130. The molecule has 3 aromatic rings. The van der Waals surface area contributed by atoms with Crippen LogP contribution >= 0.6 is 0 Å². The first-order valence-corrected chi connectivity index (χ1v) is 11.2. The molecule has 0 bridgehead atoms. The largest absolute Gasteiger partial charge is 0.439 e. The average molecular weight is 445 g/mol. The Morgan fingerprint density at radius 3 is 2.64 bits per heavy atom. The fourth-order valence-corrected chi connectivity index (χ4v) is 3.88. The summed E-state index contributed by atoms with van der Waals surface area (Å²) >= 11 is 0. The standard InChI is InChI=1S/C25H28N6O2/c1-17-3-6-21(7-4-17)33-24-18(14-27-16-29-24)5-8-22-28-15-19(13-26)23(31-22)30-20-9-11-25(2,32)12-10-20/h3-4,6-7,14-16,20,32H,5,8-12H2,1-2H3,(H,28,30,31). The second-order valence-corrected chi connectivity index (χ2v) is 8.84. The monoisotopic (exact) mass is 444 g/mol. The second-order valence-electron chi connectivity index (χ2n) is 8.84. The molecule has 2 aromatic heterocycles. The van der Waals surface area contributed by atoms with Gasteiger partial charge in [0.15, 0.2) is 0 Å². The first-order valence-electron chi connectivity index (χ1n) is 11.2. The number of aromatic nitrogens is 4. The van der Waals surface area contributed by atoms with Crippen molar-refractivity contribution in [3.8, 4) is 17.7 Å². The van der Waals surface area contributed by atoms with Crippen molar-refractivity contribution in [2.45, 2.75) is 64.0 Å². The fraction of sp³-hybridized carbons (Fsp3) is 0.400. The van der Waals surface area contributed by atoms with E-state index in [0.717, 1.165) is 36.8 Å². The van der Waals surface area contributed by atoms with E-state index < -0.39 is 5.60 Å². The van der Waals surface area contributed by atoms with Crippen LogP contribution in [0.3, 0.4) is 0 Å². The molecule has 0 radical (unpaired) electrons. The molecule has 170 valence electrons. The van der Waals surface area contributed by atoms with Crippen LogP contribution in [0.5, 0.6) is 11.6 Å². The zero-order valence-corrected chi connectivity index (χ0v) is 19.0. The van der Waals surface area contributed by atoms with Crippen molar-refractivity contribution < 1.29 is 9.84 Å². The van der Waals surface area contributed by atoms with Gasteiger partial charge in [0.05, 0.1) is 11.8 Å². The minimum Gasteiger partial charge on any atom is -0.439 e. The third-order valence-electron chi connectivity index (χ3n) is 5.96. The molecule has 33 heavy (non-hydrogen) atoms. The quantitative estimate of drug-likeness (QED) is 0.559. The van der Waals surface area contributed by atoms with Gasteiger partial charge in [-0.25, -0.2) is 19.9 Å². The van der Waals surface area contributed by atoms with Crippen molar-refractivity contribution in [3.63, 3.8) is 0 Å². The van der Waals surface area contributed by atoms with E-state index in [1.807, 2.05) is 38.1 Å². The van der Waals surface area contributed by atoms with Gasteiger partial charge in [0, 0.05) is 24.2 Å². The summed E-state index contributed by atoms with van der Waals surface area (Å²) in [4.78, 5) is 17.4. The number of benzene rings is 1. The number of nitrogens with zero attached hydrogens (tertiary/aromatic N) is 5. The molecule has 0 saturated heterocycles. The highest BCUT2D eigenvalue weighted by Crippen LogP contribution is 2.30.